The maximum absolute atomic E-state index is 12.8. The number of hydrogen-bond acceptors (Lipinski definition) is 7. The Kier molecular flexibility index (Phi) is 5.96. The zero-order valence-corrected chi connectivity index (χ0v) is 17.3. The Bertz CT molecular complexity index is 1040. The van der Waals surface area contributed by atoms with Gasteiger partial charge in [0.1, 0.15) is 16.4 Å². The van der Waals surface area contributed by atoms with Gasteiger partial charge in [0.25, 0.3) is 0 Å². The SMILES string of the molecule is O=C(Nc1cccc(C(F)(F)F)c1)O[C@@H]1CO[C@H]2[C@@H]1OC[C@@H]2NS(=O)(=O)c1cccs1. The number of sulfonamides is 1. The van der Waals surface area contributed by atoms with Gasteiger partial charge in [0.2, 0.25) is 10.0 Å². The molecule has 1 aromatic heterocycles. The molecule has 0 spiro atoms. The summed E-state index contributed by atoms with van der Waals surface area (Å²) in [6.07, 6.45) is -7.73. The van der Waals surface area contributed by atoms with Crippen LogP contribution in [0.4, 0.5) is 23.7 Å². The smallest absolute Gasteiger partial charge is 0.416 e. The second-order valence-corrected chi connectivity index (χ2v) is 9.79. The summed E-state index contributed by atoms with van der Waals surface area (Å²) in [4.78, 5) is 12.1. The van der Waals surface area contributed by atoms with Crippen molar-refractivity contribution in [3.63, 3.8) is 0 Å². The van der Waals surface area contributed by atoms with Crippen LogP contribution < -0.4 is 10.0 Å². The molecular formula is C18H17F3N2O6S2. The Balaban J connectivity index is 1.35. The molecule has 2 aromatic rings. The molecule has 2 N–H and O–H groups in total. The highest BCUT2D eigenvalue weighted by Crippen LogP contribution is 2.32. The first-order chi connectivity index (χ1) is 14.6. The molecule has 1 aromatic carbocycles. The molecule has 0 bridgehead atoms. The third kappa shape index (κ3) is 4.85. The number of ether oxygens (including phenoxy) is 3. The molecule has 4 rings (SSSR count). The van der Waals surface area contributed by atoms with Gasteiger partial charge in [0.15, 0.2) is 6.10 Å². The van der Waals surface area contributed by atoms with Crippen LogP contribution in [0.2, 0.25) is 0 Å². The van der Waals surface area contributed by atoms with Crippen LogP contribution >= 0.6 is 11.3 Å². The van der Waals surface area contributed by atoms with Crippen molar-refractivity contribution in [1.82, 2.24) is 4.72 Å². The van der Waals surface area contributed by atoms with Gasteiger partial charge < -0.3 is 14.2 Å². The summed E-state index contributed by atoms with van der Waals surface area (Å²) in [6, 6.07) is 6.55. The molecule has 0 saturated carbocycles. The van der Waals surface area contributed by atoms with Crippen LogP contribution in [-0.4, -0.2) is 52.1 Å². The van der Waals surface area contributed by atoms with E-state index in [-0.39, 0.29) is 23.1 Å². The summed E-state index contributed by atoms with van der Waals surface area (Å²) in [7, 11) is -3.74. The molecule has 2 aliphatic heterocycles. The number of hydrogen-bond donors (Lipinski definition) is 2. The van der Waals surface area contributed by atoms with E-state index in [1.54, 1.807) is 11.4 Å². The van der Waals surface area contributed by atoms with Crippen LogP contribution in [0.15, 0.2) is 46.0 Å². The van der Waals surface area contributed by atoms with Gasteiger partial charge >= 0.3 is 12.3 Å². The zero-order valence-electron chi connectivity index (χ0n) is 15.7. The van der Waals surface area contributed by atoms with E-state index in [1.807, 2.05) is 0 Å². The molecule has 0 radical (unpaired) electrons. The second-order valence-electron chi connectivity index (χ2n) is 6.90. The van der Waals surface area contributed by atoms with Gasteiger partial charge in [0.05, 0.1) is 24.8 Å². The molecule has 13 heteroatoms. The van der Waals surface area contributed by atoms with Crippen molar-refractivity contribution < 1.29 is 40.6 Å². The largest absolute Gasteiger partial charge is 0.441 e. The average molecular weight is 478 g/mol. The number of halogens is 3. The second kappa shape index (κ2) is 8.39. The predicted octanol–water partition coefficient (Wildman–Crippen LogP) is 2.83. The Morgan fingerprint density at radius 3 is 2.61 bits per heavy atom. The maximum Gasteiger partial charge on any atom is 0.416 e. The first-order valence-corrected chi connectivity index (χ1v) is 11.4. The van der Waals surface area contributed by atoms with E-state index in [1.165, 1.54) is 12.1 Å². The highest BCUT2D eigenvalue weighted by Gasteiger charge is 2.50. The number of benzene rings is 1. The Labute approximate surface area is 179 Å². The lowest BCUT2D eigenvalue weighted by atomic mass is 10.1. The fourth-order valence-electron chi connectivity index (χ4n) is 3.40. The highest BCUT2D eigenvalue weighted by molar-refractivity contribution is 7.91. The molecule has 0 unspecified atom stereocenters. The van der Waals surface area contributed by atoms with Crippen molar-refractivity contribution >= 4 is 33.1 Å². The monoisotopic (exact) mass is 478 g/mol. The fraction of sp³-hybridized carbons (Fsp3) is 0.389. The predicted molar refractivity (Wildman–Crippen MR) is 103 cm³/mol. The van der Waals surface area contributed by atoms with Crippen LogP contribution in [0.25, 0.3) is 0 Å². The van der Waals surface area contributed by atoms with Crippen LogP contribution in [0, 0.1) is 0 Å². The van der Waals surface area contributed by atoms with Gasteiger partial charge in [0, 0.05) is 5.69 Å². The Morgan fingerprint density at radius 2 is 1.90 bits per heavy atom. The lowest BCUT2D eigenvalue weighted by Gasteiger charge is -2.18. The Hall–Kier alpha value is -2.19. The van der Waals surface area contributed by atoms with Crippen molar-refractivity contribution in [2.24, 2.45) is 0 Å². The molecule has 1 amide bonds. The third-order valence-corrected chi connectivity index (χ3v) is 7.66. The van der Waals surface area contributed by atoms with E-state index in [0.29, 0.717) is 0 Å². The van der Waals surface area contributed by atoms with Gasteiger partial charge in [-0.3, -0.25) is 5.32 Å². The van der Waals surface area contributed by atoms with Crippen molar-refractivity contribution in [1.29, 1.82) is 0 Å². The molecule has 2 aliphatic rings. The van der Waals surface area contributed by atoms with Crippen molar-refractivity contribution in [2.45, 2.75) is 34.7 Å². The minimum Gasteiger partial charge on any atom is -0.441 e. The van der Waals surface area contributed by atoms with Crippen molar-refractivity contribution in [3.8, 4) is 0 Å². The van der Waals surface area contributed by atoms with E-state index < -0.39 is 52.2 Å². The van der Waals surface area contributed by atoms with Gasteiger partial charge in [-0.25, -0.2) is 17.9 Å². The normalized spacial score (nSPS) is 25.9. The molecule has 168 valence electrons. The highest BCUT2D eigenvalue weighted by atomic mass is 32.2. The van der Waals surface area contributed by atoms with E-state index in [4.69, 9.17) is 14.2 Å². The van der Waals surface area contributed by atoms with E-state index >= 15 is 0 Å². The molecule has 4 atom stereocenters. The van der Waals surface area contributed by atoms with Gasteiger partial charge in [-0.15, -0.1) is 11.3 Å². The van der Waals surface area contributed by atoms with E-state index in [9.17, 15) is 26.4 Å². The number of rotatable bonds is 5. The lowest BCUT2D eigenvalue weighted by molar-refractivity contribution is -0.137. The van der Waals surface area contributed by atoms with Crippen molar-refractivity contribution in [3.05, 3.63) is 47.3 Å². The molecular weight excluding hydrogens is 461 g/mol. The maximum atomic E-state index is 12.8. The van der Waals surface area contributed by atoms with Crippen LogP contribution in [0.5, 0.6) is 0 Å². The third-order valence-electron chi connectivity index (χ3n) is 4.77. The number of anilines is 1. The van der Waals surface area contributed by atoms with Gasteiger partial charge in [-0.1, -0.05) is 12.1 Å². The number of carbonyl (C=O) groups excluding carboxylic acids is 1. The molecule has 2 saturated heterocycles. The molecule has 2 fully saturated rings. The lowest BCUT2D eigenvalue weighted by Crippen LogP contribution is -2.44. The quantitative estimate of drug-likeness (QED) is 0.685. The number of thiophene rings is 1. The van der Waals surface area contributed by atoms with E-state index in [0.717, 1.165) is 29.5 Å². The summed E-state index contributed by atoms with van der Waals surface area (Å²) >= 11 is 1.07. The number of fused-ring (bicyclic) bond motifs is 1. The summed E-state index contributed by atoms with van der Waals surface area (Å²) in [6.45, 7) is -0.0163. The zero-order chi connectivity index (χ0) is 22.2. The number of alkyl halides is 3. The molecule has 31 heavy (non-hydrogen) atoms. The number of carbonyl (C=O) groups is 1. The minimum absolute atomic E-state index is 0.0229. The topological polar surface area (TPSA) is 103 Å². The first kappa shape index (κ1) is 22.0. The number of amides is 1. The Morgan fingerprint density at radius 1 is 1.13 bits per heavy atom. The van der Waals surface area contributed by atoms with Gasteiger partial charge in [-0.05, 0) is 29.6 Å². The standard InChI is InChI=1S/C18H17F3N2O6S2/c19-18(20,21)10-3-1-4-11(7-10)22-17(24)29-13-9-28-15-12(8-27-16(13)15)23-31(25,26)14-5-2-6-30-14/h1-7,12-13,15-16,23H,8-9H2,(H,22,24)/t12-,13+,15+,16+/m0/s1. The first-order valence-electron chi connectivity index (χ1n) is 9.07. The summed E-state index contributed by atoms with van der Waals surface area (Å²) in [5.41, 5.74) is -0.987. The summed E-state index contributed by atoms with van der Waals surface area (Å²) in [5, 5.41) is 3.89. The van der Waals surface area contributed by atoms with Crippen LogP contribution in [0.3, 0.4) is 0 Å². The molecule has 3 heterocycles. The van der Waals surface area contributed by atoms with Crippen LogP contribution in [-0.2, 0) is 30.4 Å². The van der Waals surface area contributed by atoms with Gasteiger partial charge in [-0.2, -0.15) is 13.2 Å². The summed E-state index contributed by atoms with van der Waals surface area (Å²) in [5.74, 6) is 0. The molecule has 8 nitrogen and oxygen atoms in total. The van der Waals surface area contributed by atoms with Crippen LogP contribution in [0.1, 0.15) is 5.56 Å². The average Bonchev–Trinajstić information content (AvgIpc) is 3.42. The fourth-order valence-corrected chi connectivity index (χ4v) is 5.64. The van der Waals surface area contributed by atoms with Crippen molar-refractivity contribution in [2.75, 3.05) is 18.5 Å². The number of nitrogens with one attached hydrogen (secondary N) is 2. The van der Waals surface area contributed by atoms with E-state index in [2.05, 4.69) is 10.0 Å². The summed E-state index contributed by atoms with van der Waals surface area (Å²) < 4.78 is 82.3. The molecule has 0 aliphatic carbocycles. The minimum atomic E-state index is -4.54.